The van der Waals surface area contributed by atoms with Gasteiger partial charge in [0.05, 0.1) is 5.56 Å². The molecule has 0 saturated heterocycles. The molecule has 0 radical (unpaired) electrons. The predicted molar refractivity (Wildman–Crippen MR) is 74.2 cm³/mol. The molecule has 1 aliphatic heterocycles. The van der Waals surface area contributed by atoms with E-state index in [0.29, 0.717) is 17.8 Å². The fraction of sp³-hybridized carbons (Fsp3) is 0.286. The fourth-order valence-electron chi connectivity index (χ4n) is 2.32. The molecule has 19 heavy (non-hydrogen) atoms. The molecule has 98 valence electrons. The van der Waals surface area contributed by atoms with Gasteiger partial charge in [-0.25, -0.2) is 4.79 Å². The summed E-state index contributed by atoms with van der Waals surface area (Å²) in [6.45, 7) is 2.40. The molecule has 3 rings (SSSR count). The third kappa shape index (κ3) is 1.62. The van der Waals surface area contributed by atoms with Crippen LogP contribution in [-0.4, -0.2) is 16.1 Å². The lowest BCUT2D eigenvalue weighted by Gasteiger charge is -2.31. The van der Waals surface area contributed by atoms with Gasteiger partial charge in [-0.05, 0) is 18.6 Å². The number of nitrogens with zero attached hydrogens (tertiary/aromatic N) is 2. The number of aromatic nitrogens is 2. The van der Waals surface area contributed by atoms with Crippen LogP contribution in [0.3, 0.4) is 0 Å². The lowest BCUT2D eigenvalue weighted by Crippen LogP contribution is -2.39. The molecule has 0 saturated carbocycles. The highest BCUT2D eigenvalue weighted by Gasteiger charge is 2.25. The molecule has 0 spiro atoms. The number of H-pyrrole nitrogens is 1. The van der Waals surface area contributed by atoms with E-state index in [0.717, 1.165) is 4.57 Å². The van der Waals surface area contributed by atoms with Crippen LogP contribution in [0.1, 0.15) is 20.8 Å². The van der Waals surface area contributed by atoms with E-state index in [1.54, 1.807) is 23.1 Å². The molecule has 1 aromatic carbocycles. The van der Waals surface area contributed by atoms with E-state index in [1.807, 2.05) is 13.0 Å². The van der Waals surface area contributed by atoms with Crippen LogP contribution in [0.5, 0.6) is 0 Å². The second-order valence-electron chi connectivity index (χ2n) is 4.40. The lowest BCUT2D eigenvalue weighted by molar-refractivity contribution is 0.743. The van der Waals surface area contributed by atoms with Gasteiger partial charge < -0.3 is 4.90 Å². The number of benzene rings is 1. The zero-order valence-electron chi connectivity index (χ0n) is 12.7. The number of para-hydroxylation sites is 1. The van der Waals surface area contributed by atoms with Crippen LogP contribution in [0, 0.1) is 0 Å². The van der Waals surface area contributed by atoms with Gasteiger partial charge >= 0.3 is 5.69 Å². The van der Waals surface area contributed by atoms with Gasteiger partial charge in [0.15, 0.2) is 0 Å². The van der Waals surface area contributed by atoms with Crippen LogP contribution >= 0.6 is 0 Å². The van der Waals surface area contributed by atoms with Gasteiger partial charge in [0.2, 0.25) is 0 Å². The van der Waals surface area contributed by atoms with Crippen molar-refractivity contribution in [3.05, 3.63) is 56.2 Å². The zero-order chi connectivity index (χ0) is 15.4. The molecular formula is C14H15N3O2. The van der Waals surface area contributed by atoms with Gasteiger partial charge in [0.1, 0.15) is 5.82 Å². The Morgan fingerprint density at radius 3 is 2.84 bits per heavy atom. The molecule has 0 unspecified atom stereocenters. The highest BCUT2D eigenvalue weighted by atomic mass is 16.2. The number of hydrogen-bond donors (Lipinski definition) is 1. The summed E-state index contributed by atoms with van der Waals surface area (Å²) >= 11 is 0. The average molecular weight is 259 g/mol. The Labute approximate surface area is 112 Å². The third-order valence-corrected chi connectivity index (χ3v) is 3.33. The minimum Gasteiger partial charge on any atom is -0.327 e. The van der Waals surface area contributed by atoms with Crippen LogP contribution in [0.2, 0.25) is 0 Å². The van der Waals surface area contributed by atoms with Gasteiger partial charge in [-0.2, -0.15) is 0 Å². The fourth-order valence-corrected chi connectivity index (χ4v) is 2.32. The first-order valence-electron chi connectivity index (χ1n) is 7.10. The molecule has 0 fully saturated rings. The van der Waals surface area contributed by atoms with Crippen LogP contribution in [0.4, 0.5) is 11.5 Å². The molecule has 0 amide bonds. The van der Waals surface area contributed by atoms with Gasteiger partial charge in [0.25, 0.3) is 5.56 Å². The van der Waals surface area contributed by atoms with Crippen molar-refractivity contribution in [3.63, 3.8) is 0 Å². The summed E-state index contributed by atoms with van der Waals surface area (Å²) in [5.41, 5.74) is -0.0749. The number of nitrogens with one attached hydrogen (secondary N) is 1. The number of rotatable bonds is 1. The Hall–Kier alpha value is -2.30. The number of aromatic amines is 1. The molecule has 0 bridgehead atoms. The first kappa shape index (κ1) is 9.61. The van der Waals surface area contributed by atoms with Crippen molar-refractivity contribution in [2.75, 3.05) is 11.4 Å². The van der Waals surface area contributed by atoms with Crippen molar-refractivity contribution >= 4 is 11.5 Å². The minimum atomic E-state index is -1.95. The molecule has 1 N–H and O–H groups in total. The van der Waals surface area contributed by atoms with E-state index in [2.05, 4.69) is 4.98 Å². The summed E-state index contributed by atoms with van der Waals surface area (Å²) in [6, 6.07) is 7.01. The Morgan fingerprint density at radius 1 is 1.37 bits per heavy atom. The lowest BCUT2D eigenvalue weighted by atomic mass is 9.99. The first-order chi connectivity index (χ1) is 9.89. The molecule has 1 aliphatic rings. The van der Waals surface area contributed by atoms with Gasteiger partial charge in [-0.3, -0.25) is 14.3 Å². The van der Waals surface area contributed by atoms with Crippen molar-refractivity contribution in [1.82, 2.24) is 9.55 Å². The standard InChI is InChI=1S/C14H15N3O2/c1-3-17-11-7-5-4-6-9(11)8-10-12(17)15-14(19)16(2)13(10)18/h4-7H,3,8H2,1-2H3,(H,15,19)/i8D2. The maximum absolute atomic E-state index is 12.4. The Kier molecular flexibility index (Phi) is 2.08. The van der Waals surface area contributed by atoms with Crippen LogP contribution in [0.15, 0.2) is 33.9 Å². The van der Waals surface area contributed by atoms with E-state index in [4.69, 9.17) is 2.74 Å². The molecular weight excluding hydrogens is 242 g/mol. The van der Waals surface area contributed by atoms with Gasteiger partial charge in [-0.15, -0.1) is 0 Å². The number of anilines is 2. The third-order valence-electron chi connectivity index (χ3n) is 3.33. The zero-order valence-corrected chi connectivity index (χ0v) is 10.7. The largest absolute Gasteiger partial charge is 0.329 e. The van der Waals surface area contributed by atoms with Crippen molar-refractivity contribution in [1.29, 1.82) is 0 Å². The Bertz CT molecular complexity index is 839. The quantitative estimate of drug-likeness (QED) is 0.835. The summed E-state index contributed by atoms with van der Waals surface area (Å²) in [6.07, 6.45) is -1.95. The first-order valence-corrected chi connectivity index (χ1v) is 6.10. The highest BCUT2D eigenvalue weighted by molar-refractivity contribution is 5.70. The predicted octanol–water partition coefficient (Wildman–Crippen LogP) is 1.14. The van der Waals surface area contributed by atoms with Gasteiger partial charge in [-0.1, -0.05) is 18.2 Å². The maximum Gasteiger partial charge on any atom is 0.329 e. The summed E-state index contributed by atoms with van der Waals surface area (Å²) in [5, 5.41) is 0. The molecule has 5 nitrogen and oxygen atoms in total. The number of fused-ring (bicyclic) bond motifs is 2. The molecule has 2 heterocycles. The van der Waals surface area contributed by atoms with Gasteiger partial charge in [0, 0.05) is 28.4 Å². The summed E-state index contributed by atoms with van der Waals surface area (Å²) in [7, 11) is 1.34. The van der Waals surface area contributed by atoms with E-state index in [9.17, 15) is 9.59 Å². The van der Waals surface area contributed by atoms with Crippen molar-refractivity contribution in [2.45, 2.75) is 13.3 Å². The van der Waals surface area contributed by atoms with E-state index in [-0.39, 0.29) is 11.4 Å². The average Bonchev–Trinajstić information content (AvgIpc) is 2.45. The second kappa shape index (κ2) is 4.12. The topological polar surface area (TPSA) is 58.1 Å². The van der Waals surface area contributed by atoms with Crippen LogP contribution in [0.25, 0.3) is 0 Å². The normalized spacial score (nSPS) is 17.3. The molecule has 0 aliphatic carbocycles. The Balaban J connectivity index is 2.47. The summed E-state index contributed by atoms with van der Waals surface area (Å²) in [4.78, 5) is 28.6. The van der Waals surface area contributed by atoms with Crippen LogP contribution in [-0.2, 0) is 13.4 Å². The van der Waals surface area contributed by atoms with Crippen molar-refractivity contribution < 1.29 is 2.74 Å². The minimum absolute atomic E-state index is 0.0230. The summed E-state index contributed by atoms with van der Waals surface area (Å²) < 4.78 is 17.6. The van der Waals surface area contributed by atoms with Crippen molar-refractivity contribution in [3.8, 4) is 0 Å². The maximum atomic E-state index is 12.4. The monoisotopic (exact) mass is 259 g/mol. The SMILES string of the molecule is [2H]C1([2H])c2ccccc2N(CC)c2[nH]c(=O)n(C)c(=O)c21. The van der Waals surface area contributed by atoms with E-state index in [1.165, 1.54) is 7.05 Å². The Morgan fingerprint density at radius 2 is 2.11 bits per heavy atom. The molecule has 0 atom stereocenters. The molecule has 5 heteroatoms. The van der Waals surface area contributed by atoms with Crippen LogP contribution < -0.4 is 16.1 Å². The highest BCUT2D eigenvalue weighted by Crippen LogP contribution is 2.34. The molecule has 2 aromatic rings. The number of hydrogen-bond acceptors (Lipinski definition) is 3. The van der Waals surface area contributed by atoms with E-state index < -0.39 is 17.6 Å². The van der Waals surface area contributed by atoms with Crippen molar-refractivity contribution in [2.24, 2.45) is 7.05 Å². The summed E-state index contributed by atoms with van der Waals surface area (Å²) in [5.74, 6) is 0.245. The second-order valence-corrected chi connectivity index (χ2v) is 4.40. The smallest absolute Gasteiger partial charge is 0.327 e. The molecule has 1 aromatic heterocycles. The van der Waals surface area contributed by atoms with E-state index >= 15 is 0 Å².